The van der Waals surface area contributed by atoms with Gasteiger partial charge in [0.15, 0.2) is 0 Å². The zero-order valence-corrected chi connectivity index (χ0v) is 10.6. The molecule has 0 saturated heterocycles. The Morgan fingerprint density at radius 2 is 2.29 bits per heavy atom. The van der Waals surface area contributed by atoms with Crippen LogP contribution in [0.25, 0.3) is 0 Å². The van der Waals surface area contributed by atoms with E-state index in [1.807, 2.05) is 0 Å². The van der Waals surface area contributed by atoms with E-state index in [4.69, 9.17) is 4.74 Å². The molecule has 1 N–H and O–H groups in total. The summed E-state index contributed by atoms with van der Waals surface area (Å²) in [5.41, 5.74) is 2.49. The smallest absolute Gasteiger partial charge is 0.122 e. The van der Waals surface area contributed by atoms with Crippen molar-refractivity contribution in [2.24, 2.45) is 0 Å². The van der Waals surface area contributed by atoms with Crippen molar-refractivity contribution in [2.75, 3.05) is 11.9 Å². The molecule has 1 atom stereocenters. The minimum atomic E-state index is 0.357. The van der Waals surface area contributed by atoms with Gasteiger partial charge in [0, 0.05) is 17.0 Å². The van der Waals surface area contributed by atoms with E-state index in [0.717, 1.165) is 18.8 Å². The van der Waals surface area contributed by atoms with Crippen LogP contribution < -0.4 is 10.1 Å². The predicted octanol–water partition coefficient (Wildman–Crippen LogP) is 3.86. The minimum absolute atomic E-state index is 0.357. The summed E-state index contributed by atoms with van der Waals surface area (Å²) < 4.78 is 5.50. The number of nitrogens with one attached hydrogen (secondary N) is 1. The first kappa shape index (κ1) is 10.7. The van der Waals surface area contributed by atoms with E-state index in [9.17, 15) is 0 Å². The fraction of sp³-hybridized carbons (Fsp3) is 0.286. The van der Waals surface area contributed by atoms with Crippen LogP contribution in [-0.4, -0.2) is 6.61 Å². The molecule has 2 aromatic rings. The lowest BCUT2D eigenvalue weighted by Gasteiger charge is -2.14. The number of hydrogen-bond donors (Lipinski definition) is 1. The Kier molecular flexibility index (Phi) is 2.77. The second kappa shape index (κ2) is 4.41. The monoisotopic (exact) mass is 245 g/mol. The molecule has 17 heavy (non-hydrogen) atoms. The van der Waals surface area contributed by atoms with Crippen LogP contribution in [0.2, 0.25) is 0 Å². The second-order valence-corrected chi connectivity index (χ2v) is 5.28. The third-order valence-corrected chi connectivity index (χ3v) is 4.10. The van der Waals surface area contributed by atoms with Gasteiger partial charge in [0.2, 0.25) is 0 Å². The van der Waals surface area contributed by atoms with Crippen LogP contribution >= 0.6 is 11.3 Å². The number of thiophene rings is 1. The van der Waals surface area contributed by atoms with Crippen LogP contribution in [0.1, 0.15) is 23.4 Å². The van der Waals surface area contributed by atoms with Crippen LogP contribution in [0.4, 0.5) is 5.69 Å². The molecular weight excluding hydrogens is 230 g/mol. The number of anilines is 1. The van der Waals surface area contributed by atoms with Crippen molar-refractivity contribution < 1.29 is 4.74 Å². The quantitative estimate of drug-likeness (QED) is 0.886. The van der Waals surface area contributed by atoms with E-state index in [2.05, 4.69) is 48.0 Å². The van der Waals surface area contributed by atoms with Gasteiger partial charge in [-0.2, -0.15) is 0 Å². The molecule has 2 heterocycles. The lowest BCUT2D eigenvalue weighted by Crippen LogP contribution is -2.04. The first-order chi connectivity index (χ1) is 8.33. The minimum Gasteiger partial charge on any atom is -0.493 e. The highest BCUT2D eigenvalue weighted by Gasteiger charge is 2.13. The van der Waals surface area contributed by atoms with Crippen LogP contribution in [0.5, 0.6) is 5.75 Å². The number of hydrogen-bond acceptors (Lipinski definition) is 3. The average Bonchev–Trinajstić information content (AvgIpc) is 2.99. The molecule has 0 fully saturated rings. The second-order valence-electron chi connectivity index (χ2n) is 4.30. The summed E-state index contributed by atoms with van der Waals surface area (Å²) in [4.78, 5) is 1.36. The Morgan fingerprint density at radius 3 is 3.12 bits per heavy atom. The standard InChI is InChI=1S/C14H15NOS/c1-10(14-3-2-8-17-14)15-12-4-5-13-11(9-12)6-7-16-13/h2-5,8-10,15H,6-7H2,1H3. The summed E-state index contributed by atoms with van der Waals surface area (Å²) in [5.74, 6) is 1.04. The van der Waals surface area contributed by atoms with Crippen LogP contribution in [0.15, 0.2) is 35.7 Å². The van der Waals surface area contributed by atoms with Crippen molar-refractivity contribution in [3.63, 3.8) is 0 Å². The zero-order valence-electron chi connectivity index (χ0n) is 9.77. The molecular formula is C14H15NOS. The Morgan fingerprint density at radius 1 is 1.35 bits per heavy atom. The van der Waals surface area contributed by atoms with Crippen molar-refractivity contribution in [2.45, 2.75) is 19.4 Å². The van der Waals surface area contributed by atoms with Gasteiger partial charge in [0.05, 0.1) is 12.6 Å². The first-order valence-electron chi connectivity index (χ1n) is 5.88. The van der Waals surface area contributed by atoms with Crippen LogP contribution in [0, 0.1) is 0 Å². The number of ether oxygens (including phenoxy) is 1. The topological polar surface area (TPSA) is 21.3 Å². The summed E-state index contributed by atoms with van der Waals surface area (Å²) in [6, 6.07) is 11.0. The molecule has 0 aliphatic carbocycles. The highest BCUT2D eigenvalue weighted by Crippen LogP contribution is 2.30. The number of fused-ring (bicyclic) bond motifs is 1. The Balaban J connectivity index is 1.77. The summed E-state index contributed by atoms with van der Waals surface area (Å²) >= 11 is 1.79. The van der Waals surface area contributed by atoms with Crippen molar-refractivity contribution in [3.8, 4) is 5.75 Å². The molecule has 0 saturated carbocycles. The Hall–Kier alpha value is -1.48. The van der Waals surface area contributed by atoms with Gasteiger partial charge in [-0.1, -0.05) is 6.07 Å². The molecule has 0 bridgehead atoms. The van der Waals surface area contributed by atoms with Gasteiger partial charge in [-0.3, -0.25) is 0 Å². The highest BCUT2D eigenvalue weighted by molar-refractivity contribution is 7.10. The molecule has 1 aromatic carbocycles. The summed E-state index contributed by atoms with van der Waals surface area (Å²) in [6.45, 7) is 3.01. The number of rotatable bonds is 3. The molecule has 0 amide bonds. The van der Waals surface area contributed by atoms with E-state index in [-0.39, 0.29) is 0 Å². The predicted molar refractivity (Wildman–Crippen MR) is 72.0 cm³/mol. The van der Waals surface area contributed by atoms with Gasteiger partial charge in [-0.05, 0) is 42.1 Å². The van der Waals surface area contributed by atoms with Crippen LogP contribution in [0.3, 0.4) is 0 Å². The molecule has 2 nitrogen and oxygen atoms in total. The van der Waals surface area contributed by atoms with Gasteiger partial charge in [0.1, 0.15) is 5.75 Å². The van der Waals surface area contributed by atoms with Gasteiger partial charge >= 0.3 is 0 Å². The average molecular weight is 245 g/mol. The molecule has 3 rings (SSSR count). The maximum atomic E-state index is 5.50. The molecule has 1 aromatic heterocycles. The Labute approximate surface area is 105 Å². The van der Waals surface area contributed by atoms with E-state index in [1.54, 1.807) is 11.3 Å². The first-order valence-corrected chi connectivity index (χ1v) is 6.76. The molecule has 0 radical (unpaired) electrons. The van der Waals surface area contributed by atoms with E-state index < -0.39 is 0 Å². The van der Waals surface area contributed by atoms with Crippen molar-refractivity contribution in [1.82, 2.24) is 0 Å². The van der Waals surface area contributed by atoms with Crippen molar-refractivity contribution >= 4 is 17.0 Å². The SMILES string of the molecule is CC(Nc1ccc2c(c1)CCO2)c1cccs1. The fourth-order valence-corrected chi connectivity index (χ4v) is 2.87. The third kappa shape index (κ3) is 2.15. The largest absolute Gasteiger partial charge is 0.493 e. The normalized spacial score (nSPS) is 15.1. The van der Waals surface area contributed by atoms with E-state index >= 15 is 0 Å². The van der Waals surface area contributed by atoms with Crippen LogP contribution in [-0.2, 0) is 6.42 Å². The van der Waals surface area contributed by atoms with E-state index in [1.165, 1.54) is 16.1 Å². The maximum absolute atomic E-state index is 5.50. The molecule has 3 heteroatoms. The lowest BCUT2D eigenvalue weighted by atomic mass is 10.1. The molecule has 1 aliphatic rings. The molecule has 1 unspecified atom stereocenters. The van der Waals surface area contributed by atoms with Crippen molar-refractivity contribution in [3.05, 3.63) is 46.2 Å². The summed E-state index contributed by atoms with van der Waals surface area (Å²) in [6.07, 6.45) is 1.03. The molecule has 0 spiro atoms. The molecule has 1 aliphatic heterocycles. The van der Waals surface area contributed by atoms with Gasteiger partial charge in [-0.15, -0.1) is 11.3 Å². The van der Waals surface area contributed by atoms with E-state index in [0.29, 0.717) is 6.04 Å². The fourth-order valence-electron chi connectivity index (χ4n) is 2.14. The summed E-state index contributed by atoms with van der Waals surface area (Å²) in [7, 11) is 0. The van der Waals surface area contributed by atoms with Gasteiger partial charge < -0.3 is 10.1 Å². The summed E-state index contributed by atoms with van der Waals surface area (Å²) in [5, 5.41) is 5.64. The van der Waals surface area contributed by atoms with Crippen molar-refractivity contribution in [1.29, 1.82) is 0 Å². The lowest BCUT2D eigenvalue weighted by molar-refractivity contribution is 0.357. The number of benzene rings is 1. The third-order valence-electron chi connectivity index (χ3n) is 3.04. The Bertz CT molecular complexity index is 507. The maximum Gasteiger partial charge on any atom is 0.122 e. The highest BCUT2D eigenvalue weighted by atomic mass is 32.1. The molecule has 88 valence electrons. The van der Waals surface area contributed by atoms with Gasteiger partial charge in [-0.25, -0.2) is 0 Å². The zero-order chi connectivity index (χ0) is 11.7. The van der Waals surface area contributed by atoms with Gasteiger partial charge in [0.25, 0.3) is 0 Å².